The standard InChI is InChI=1S/C11H12BrNO/c1-9-10(5-3-4-8-12)6-7-11(13-9)14-2/h6-7H,4,8H2,1-2H3. The lowest BCUT2D eigenvalue weighted by Crippen LogP contribution is -1.92. The van der Waals surface area contributed by atoms with E-state index in [0.29, 0.717) is 5.88 Å². The molecule has 14 heavy (non-hydrogen) atoms. The second kappa shape index (κ2) is 5.66. The largest absolute Gasteiger partial charge is 0.481 e. The Morgan fingerprint density at radius 3 is 2.86 bits per heavy atom. The molecule has 0 amide bonds. The number of nitrogens with zero attached hydrogens (tertiary/aromatic N) is 1. The van der Waals surface area contributed by atoms with Gasteiger partial charge in [0.05, 0.1) is 12.8 Å². The van der Waals surface area contributed by atoms with Crippen LogP contribution in [0.1, 0.15) is 17.7 Å². The third kappa shape index (κ3) is 3.04. The third-order valence-corrected chi connectivity index (χ3v) is 2.11. The first-order chi connectivity index (χ1) is 6.77. The van der Waals surface area contributed by atoms with Crippen molar-refractivity contribution in [3.8, 4) is 17.7 Å². The van der Waals surface area contributed by atoms with Crippen LogP contribution in [0, 0.1) is 18.8 Å². The molecule has 1 rings (SSSR count). The molecule has 1 aromatic heterocycles. The quantitative estimate of drug-likeness (QED) is 0.597. The van der Waals surface area contributed by atoms with E-state index in [1.807, 2.05) is 19.1 Å². The van der Waals surface area contributed by atoms with Gasteiger partial charge in [0.1, 0.15) is 0 Å². The van der Waals surface area contributed by atoms with Gasteiger partial charge in [-0.2, -0.15) is 0 Å². The average molecular weight is 254 g/mol. The fourth-order valence-electron chi connectivity index (χ4n) is 0.989. The molecular formula is C11H12BrNO. The number of aryl methyl sites for hydroxylation is 1. The van der Waals surface area contributed by atoms with Crippen LogP contribution in [0.5, 0.6) is 5.88 Å². The van der Waals surface area contributed by atoms with E-state index in [4.69, 9.17) is 4.74 Å². The highest BCUT2D eigenvalue weighted by Crippen LogP contribution is 2.10. The summed E-state index contributed by atoms with van der Waals surface area (Å²) in [6, 6.07) is 3.76. The zero-order valence-corrected chi connectivity index (χ0v) is 9.89. The predicted molar refractivity (Wildman–Crippen MR) is 60.8 cm³/mol. The smallest absolute Gasteiger partial charge is 0.213 e. The van der Waals surface area contributed by atoms with Gasteiger partial charge in [-0.3, -0.25) is 0 Å². The van der Waals surface area contributed by atoms with Gasteiger partial charge in [-0.15, -0.1) is 0 Å². The Hall–Kier alpha value is -1.01. The fraction of sp³-hybridized carbons (Fsp3) is 0.364. The van der Waals surface area contributed by atoms with Crippen LogP contribution in [0.25, 0.3) is 0 Å². The molecule has 0 fully saturated rings. The van der Waals surface area contributed by atoms with Crippen molar-refractivity contribution in [3.05, 3.63) is 23.4 Å². The van der Waals surface area contributed by atoms with Gasteiger partial charge in [-0.25, -0.2) is 4.98 Å². The number of hydrogen-bond acceptors (Lipinski definition) is 2. The van der Waals surface area contributed by atoms with Gasteiger partial charge >= 0.3 is 0 Å². The first-order valence-corrected chi connectivity index (χ1v) is 5.46. The summed E-state index contributed by atoms with van der Waals surface area (Å²) in [5, 5.41) is 0.905. The summed E-state index contributed by atoms with van der Waals surface area (Å²) >= 11 is 3.33. The van der Waals surface area contributed by atoms with Crippen LogP contribution in [0.2, 0.25) is 0 Å². The van der Waals surface area contributed by atoms with Gasteiger partial charge in [0, 0.05) is 23.4 Å². The molecule has 0 unspecified atom stereocenters. The summed E-state index contributed by atoms with van der Waals surface area (Å²) in [5.41, 5.74) is 1.87. The van der Waals surface area contributed by atoms with E-state index >= 15 is 0 Å². The first kappa shape index (κ1) is 11.1. The molecule has 2 nitrogen and oxygen atoms in total. The fourth-order valence-corrected chi connectivity index (χ4v) is 1.19. The number of ether oxygens (including phenoxy) is 1. The zero-order chi connectivity index (χ0) is 10.4. The Balaban J connectivity index is 2.85. The number of hydrogen-bond donors (Lipinski definition) is 0. The second-order valence-electron chi connectivity index (χ2n) is 2.73. The Morgan fingerprint density at radius 2 is 2.29 bits per heavy atom. The molecule has 3 heteroatoms. The van der Waals surface area contributed by atoms with E-state index < -0.39 is 0 Å². The topological polar surface area (TPSA) is 22.1 Å². The third-order valence-electron chi connectivity index (χ3n) is 1.71. The van der Waals surface area contributed by atoms with Crippen LogP contribution >= 0.6 is 15.9 Å². The van der Waals surface area contributed by atoms with Crippen molar-refractivity contribution in [2.75, 3.05) is 12.4 Å². The number of aromatic nitrogens is 1. The molecule has 0 aliphatic rings. The average Bonchev–Trinajstić information content (AvgIpc) is 2.20. The van der Waals surface area contributed by atoms with Crippen LogP contribution in [-0.2, 0) is 0 Å². The molecule has 1 heterocycles. The maximum Gasteiger partial charge on any atom is 0.213 e. The van der Waals surface area contributed by atoms with Gasteiger partial charge < -0.3 is 4.74 Å². The number of halogens is 1. The van der Waals surface area contributed by atoms with Crippen LogP contribution in [0.3, 0.4) is 0 Å². The van der Waals surface area contributed by atoms with Crippen molar-refractivity contribution in [3.63, 3.8) is 0 Å². The van der Waals surface area contributed by atoms with Crippen molar-refractivity contribution in [1.29, 1.82) is 0 Å². The molecule has 0 bridgehead atoms. The minimum Gasteiger partial charge on any atom is -0.481 e. The Morgan fingerprint density at radius 1 is 1.50 bits per heavy atom. The summed E-state index contributed by atoms with van der Waals surface area (Å²) in [6.45, 7) is 1.93. The number of rotatable bonds is 2. The van der Waals surface area contributed by atoms with Gasteiger partial charge in [0.15, 0.2) is 0 Å². The lowest BCUT2D eigenvalue weighted by atomic mass is 10.2. The van der Waals surface area contributed by atoms with E-state index in [1.54, 1.807) is 7.11 Å². The predicted octanol–water partition coefficient (Wildman–Crippen LogP) is 2.54. The van der Waals surface area contributed by atoms with Gasteiger partial charge in [0.25, 0.3) is 0 Å². The number of methoxy groups -OCH3 is 1. The maximum absolute atomic E-state index is 5.01. The molecule has 0 saturated carbocycles. The molecule has 0 saturated heterocycles. The maximum atomic E-state index is 5.01. The number of pyridine rings is 1. The highest BCUT2D eigenvalue weighted by Gasteiger charge is 1.97. The molecule has 74 valence electrons. The van der Waals surface area contributed by atoms with Crippen molar-refractivity contribution in [1.82, 2.24) is 4.98 Å². The molecule has 0 atom stereocenters. The molecule has 0 aliphatic heterocycles. The molecular weight excluding hydrogens is 242 g/mol. The lowest BCUT2D eigenvalue weighted by Gasteiger charge is -2.00. The molecule has 0 aliphatic carbocycles. The van der Waals surface area contributed by atoms with Crippen LogP contribution in [-0.4, -0.2) is 17.4 Å². The van der Waals surface area contributed by atoms with Crippen molar-refractivity contribution in [2.45, 2.75) is 13.3 Å². The second-order valence-corrected chi connectivity index (χ2v) is 3.52. The number of alkyl halides is 1. The Kier molecular flexibility index (Phi) is 4.48. The van der Waals surface area contributed by atoms with E-state index in [2.05, 4.69) is 32.8 Å². The van der Waals surface area contributed by atoms with Gasteiger partial charge in [0.2, 0.25) is 5.88 Å². The SMILES string of the molecule is COc1ccc(C#CCCBr)c(C)n1. The minimum atomic E-state index is 0.633. The molecule has 0 aromatic carbocycles. The van der Waals surface area contributed by atoms with E-state index in [-0.39, 0.29) is 0 Å². The van der Waals surface area contributed by atoms with E-state index in [1.165, 1.54) is 0 Å². The summed E-state index contributed by atoms with van der Waals surface area (Å²) in [4.78, 5) is 4.23. The van der Waals surface area contributed by atoms with Crippen LogP contribution in [0.15, 0.2) is 12.1 Å². The van der Waals surface area contributed by atoms with E-state index in [0.717, 1.165) is 23.0 Å². The van der Waals surface area contributed by atoms with Crippen LogP contribution < -0.4 is 4.74 Å². The molecule has 0 spiro atoms. The Bertz CT molecular complexity index is 365. The molecule has 0 radical (unpaired) electrons. The zero-order valence-electron chi connectivity index (χ0n) is 8.30. The summed E-state index contributed by atoms with van der Waals surface area (Å²) < 4.78 is 5.01. The highest BCUT2D eigenvalue weighted by atomic mass is 79.9. The summed E-state index contributed by atoms with van der Waals surface area (Å²) in [5.74, 6) is 6.75. The first-order valence-electron chi connectivity index (χ1n) is 4.34. The summed E-state index contributed by atoms with van der Waals surface area (Å²) in [7, 11) is 1.61. The molecule has 0 N–H and O–H groups in total. The lowest BCUT2D eigenvalue weighted by molar-refractivity contribution is 0.397. The van der Waals surface area contributed by atoms with Gasteiger partial charge in [-0.05, 0) is 13.0 Å². The molecule has 1 aromatic rings. The van der Waals surface area contributed by atoms with Crippen LogP contribution in [0.4, 0.5) is 0 Å². The van der Waals surface area contributed by atoms with Crippen molar-refractivity contribution >= 4 is 15.9 Å². The summed E-state index contributed by atoms with van der Waals surface area (Å²) in [6.07, 6.45) is 0.853. The monoisotopic (exact) mass is 253 g/mol. The minimum absolute atomic E-state index is 0.633. The highest BCUT2D eigenvalue weighted by molar-refractivity contribution is 9.09. The normalized spacial score (nSPS) is 9.07. The van der Waals surface area contributed by atoms with Gasteiger partial charge in [-0.1, -0.05) is 27.8 Å². The Labute approximate surface area is 92.8 Å². The van der Waals surface area contributed by atoms with Crippen molar-refractivity contribution in [2.24, 2.45) is 0 Å². The van der Waals surface area contributed by atoms with Crippen molar-refractivity contribution < 1.29 is 4.74 Å². The van der Waals surface area contributed by atoms with E-state index in [9.17, 15) is 0 Å².